The molecule has 0 saturated heterocycles. The van der Waals surface area contributed by atoms with Crippen LogP contribution < -0.4 is 10.6 Å². The summed E-state index contributed by atoms with van der Waals surface area (Å²) in [5.41, 5.74) is 0. The Balaban J connectivity index is 2.30. The third-order valence-electron chi connectivity index (χ3n) is 3.64. The van der Waals surface area contributed by atoms with Crippen molar-refractivity contribution in [1.82, 2.24) is 10.6 Å². The van der Waals surface area contributed by atoms with Gasteiger partial charge in [0.25, 0.3) is 0 Å². The number of ether oxygens (including phenoxy) is 1. The van der Waals surface area contributed by atoms with Gasteiger partial charge in [0.1, 0.15) is 0 Å². The fourth-order valence-corrected chi connectivity index (χ4v) is 2.67. The molecular formula is C15H31N3O. The van der Waals surface area contributed by atoms with Crippen molar-refractivity contribution in [3.63, 3.8) is 0 Å². The third kappa shape index (κ3) is 7.41. The van der Waals surface area contributed by atoms with Crippen molar-refractivity contribution < 1.29 is 4.74 Å². The molecule has 2 N–H and O–H groups in total. The number of guanidine groups is 1. The van der Waals surface area contributed by atoms with Crippen molar-refractivity contribution in [3.8, 4) is 0 Å². The van der Waals surface area contributed by atoms with Gasteiger partial charge in [-0.3, -0.25) is 4.99 Å². The van der Waals surface area contributed by atoms with Gasteiger partial charge >= 0.3 is 0 Å². The van der Waals surface area contributed by atoms with Gasteiger partial charge in [0.15, 0.2) is 5.96 Å². The minimum Gasteiger partial charge on any atom is -0.380 e. The lowest BCUT2D eigenvalue weighted by atomic mass is 9.82. The zero-order chi connectivity index (χ0) is 13.9. The summed E-state index contributed by atoms with van der Waals surface area (Å²) in [6.45, 7) is 10.7. The molecule has 0 heterocycles. The second-order valence-electron chi connectivity index (χ2n) is 5.48. The number of hydrogen-bond acceptors (Lipinski definition) is 2. The molecule has 4 nitrogen and oxygen atoms in total. The van der Waals surface area contributed by atoms with Crippen molar-refractivity contribution in [1.29, 1.82) is 0 Å². The zero-order valence-electron chi connectivity index (χ0n) is 12.9. The van der Waals surface area contributed by atoms with E-state index < -0.39 is 0 Å². The molecule has 1 saturated carbocycles. The lowest BCUT2D eigenvalue weighted by Crippen LogP contribution is -2.39. The molecule has 2 unspecified atom stereocenters. The lowest BCUT2D eigenvalue weighted by molar-refractivity contribution is 0.152. The quantitative estimate of drug-likeness (QED) is 0.424. The molecule has 1 fully saturated rings. The van der Waals surface area contributed by atoms with Crippen LogP contribution >= 0.6 is 0 Å². The molecule has 0 aromatic carbocycles. The molecule has 19 heavy (non-hydrogen) atoms. The van der Waals surface area contributed by atoms with E-state index in [0.717, 1.165) is 50.6 Å². The highest BCUT2D eigenvalue weighted by Crippen LogP contribution is 2.28. The van der Waals surface area contributed by atoms with Crippen molar-refractivity contribution in [3.05, 3.63) is 0 Å². The van der Waals surface area contributed by atoms with Gasteiger partial charge in [-0.1, -0.05) is 19.8 Å². The van der Waals surface area contributed by atoms with Gasteiger partial charge in [0.2, 0.25) is 0 Å². The second-order valence-corrected chi connectivity index (χ2v) is 5.48. The maximum Gasteiger partial charge on any atom is 0.191 e. The van der Waals surface area contributed by atoms with Crippen LogP contribution in [0.5, 0.6) is 0 Å². The summed E-state index contributed by atoms with van der Waals surface area (Å²) in [6, 6.07) is 0. The number of nitrogens with one attached hydrogen (secondary N) is 2. The van der Waals surface area contributed by atoms with E-state index in [0.29, 0.717) is 0 Å². The SMILES string of the molecule is CCNC(=NCC1CCCC(C)C1)NCCOCC. The summed E-state index contributed by atoms with van der Waals surface area (Å²) in [7, 11) is 0. The van der Waals surface area contributed by atoms with Gasteiger partial charge in [-0.2, -0.15) is 0 Å². The first-order chi connectivity index (χ1) is 9.26. The Morgan fingerprint density at radius 1 is 1.26 bits per heavy atom. The van der Waals surface area contributed by atoms with Crippen LogP contribution in [0.1, 0.15) is 46.5 Å². The normalized spacial score (nSPS) is 24.3. The Kier molecular flexibility index (Phi) is 8.63. The molecule has 1 rings (SSSR count). The van der Waals surface area contributed by atoms with Gasteiger partial charge in [-0.25, -0.2) is 0 Å². The minimum absolute atomic E-state index is 0.737. The average Bonchev–Trinajstić information content (AvgIpc) is 2.41. The fourth-order valence-electron chi connectivity index (χ4n) is 2.67. The summed E-state index contributed by atoms with van der Waals surface area (Å²) >= 11 is 0. The highest BCUT2D eigenvalue weighted by atomic mass is 16.5. The predicted molar refractivity (Wildman–Crippen MR) is 81.6 cm³/mol. The Labute approximate surface area is 118 Å². The lowest BCUT2D eigenvalue weighted by Gasteiger charge is -2.25. The van der Waals surface area contributed by atoms with Gasteiger partial charge in [0.05, 0.1) is 6.61 Å². The molecule has 0 bridgehead atoms. The molecule has 1 aliphatic rings. The molecule has 1 aliphatic carbocycles. The Bertz CT molecular complexity index is 256. The van der Waals surface area contributed by atoms with Gasteiger partial charge in [-0.05, 0) is 38.5 Å². The van der Waals surface area contributed by atoms with E-state index in [4.69, 9.17) is 9.73 Å². The Morgan fingerprint density at radius 2 is 2.11 bits per heavy atom. The molecule has 0 spiro atoms. The summed E-state index contributed by atoms with van der Waals surface area (Å²) in [5, 5.41) is 6.61. The van der Waals surface area contributed by atoms with Crippen LogP contribution in [0.25, 0.3) is 0 Å². The molecule has 4 heteroatoms. The van der Waals surface area contributed by atoms with E-state index in [2.05, 4.69) is 24.5 Å². The molecular weight excluding hydrogens is 238 g/mol. The smallest absolute Gasteiger partial charge is 0.191 e. The van der Waals surface area contributed by atoms with E-state index >= 15 is 0 Å². The number of aliphatic imine (C=N–C) groups is 1. The number of rotatable bonds is 7. The average molecular weight is 269 g/mol. The van der Waals surface area contributed by atoms with E-state index in [9.17, 15) is 0 Å². The fraction of sp³-hybridized carbons (Fsp3) is 0.933. The largest absolute Gasteiger partial charge is 0.380 e. The molecule has 0 aromatic heterocycles. The first-order valence-corrected chi connectivity index (χ1v) is 7.86. The van der Waals surface area contributed by atoms with Crippen LogP contribution in [0.3, 0.4) is 0 Å². The Hall–Kier alpha value is -0.770. The van der Waals surface area contributed by atoms with Crippen LogP contribution in [-0.2, 0) is 4.74 Å². The summed E-state index contributed by atoms with van der Waals surface area (Å²) < 4.78 is 5.33. The third-order valence-corrected chi connectivity index (χ3v) is 3.64. The van der Waals surface area contributed by atoms with E-state index in [1.165, 1.54) is 25.7 Å². The molecule has 0 aliphatic heterocycles. The van der Waals surface area contributed by atoms with Gasteiger partial charge < -0.3 is 15.4 Å². The molecule has 0 amide bonds. The van der Waals surface area contributed by atoms with Crippen molar-refractivity contribution in [2.45, 2.75) is 46.5 Å². The van der Waals surface area contributed by atoms with Crippen LogP contribution in [0.4, 0.5) is 0 Å². The zero-order valence-corrected chi connectivity index (χ0v) is 12.9. The monoisotopic (exact) mass is 269 g/mol. The van der Waals surface area contributed by atoms with Crippen molar-refractivity contribution in [2.75, 3.05) is 32.8 Å². The van der Waals surface area contributed by atoms with Gasteiger partial charge in [0, 0.05) is 26.2 Å². The molecule has 0 aromatic rings. The van der Waals surface area contributed by atoms with Crippen molar-refractivity contribution >= 4 is 5.96 Å². The standard InChI is InChI=1S/C15H31N3O/c1-4-16-15(17-9-10-19-5-2)18-12-14-8-6-7-13(3)11-14/h13-14H,4-12H2,1-3H3,(H2,16,17,18). The first kappa shape index (κ1) is 16.3. The molecule has 112 valence electrons. The van der Waals surface area contributed by atoms with E-state index in [1.54, 1.807) is 0 Å². The van der Waals surface area contributed by atoms with Crippen LogP contribution in [0.2, 0.25) is 0 Å². The predicted octanol–water partition coefficient (Wildman–Crippen LogP) is 2.40. The Morgan fingerprint density at radius 3 is 2.79 bits per heavy atom. The molecule has 0 radical (unpaired) electrons. The maximum atomic E-state index is 5.33. The van der Waals surface area contributed by atoms with E-state index in [1.807, 2.05) is 6.92 Å². The highest BCUT2D eigenvalue weighted by molar-refractivity contribution is 5.79. The second kappa shape index (κ2) is 10.1. The first-order valence-electron chi connectivity index (χ1n) is 7.86. The van der Waals surface area contributed by atoms with Crippen molar-refractivity contribution in [2.24, 2.45) is 16.8 Å². The topological polar surface area (TPSA) is 45.7 Å². The highest BCUT2D eigenvalue weighted by Gasteiger charge is 2.18. The van der Waals surface area contributed by atoms with Gasteiger partial charge in [-0.15, -0.1) is 0 Å². The summed E-state index contributed by atoms with van der Waals surface area (Å²) in [4.78, 5) is 4.71. The van der Waals surface area contributed by atoms with Crippen LogP contribution in [-0.4, -0.2) is 38.8 Å². The number of nitrogens with zero attached hydrogens (tertiary/aromatic N) is 1. The number of hydrogen-bond donors (Lipinski definition) is 2. The van der Waals surface area contributed by atoms with Crippen LogP contribution in [0.15, 0.2) is 4.99 Å². The molecule has 2 atom stereocenters. The summed E-state index contributed by atoms with van der Waals surface area (Å²) in [5.74, 6) is 2.58. The van der Waals surface area contributed by atoms with E-state index in [-0.39, 0.29) is 0 Å². The minimum atomic E-state index is 0.737. The summed E-state index contributed by atoms with van der Waals surface area (Å²) in [6.07, 6.45) is 5.44. The van der Waals surface area contributed by atoms with Crippen LogP contribution in [0, 0.1) is 11.8 Å². The maximum absolute atomic E-state index is 5.33.